The van der Waals surface area contributed by atoms with Gasteiger partial charge in [0, 0.05) is 10.9 Å². The van der Waals surface area contributed by atoms with E-state index in [1.165, 1.54) is 0 Å². The lowest BCUT2D eigenvalue weighted by Crippen LogP contribution is -2.27. The Morgan fingerprint density at radius 3 is 2.50 bits per heavy atom. The van der Waals surface area contributed by atoms with Crippen LogP contribution in [-0.4, -0.2) is 15.5 Å². The Hall–Kier alpha value is -1.94. The summed E-state index contributed by atoms with van der Waals surface area (Å²) in [6.07, 6.45) is 0. The van der Waals surface area contributed by atoms with Crippen LogP contribution in [0.2, 0.25) is 0 Å². The summed E-state index contributed by atoms with van der Waals surface area (Å²) >= 11 is 1.66. The van der Waals surface area contributed by atoms with Crippen molar-refractivity contribution in [1.29, 1.82) is 0 Å². The molecule has 0 radical (unpaired) electrons. The standard InChI is InChI=1S/C16H17N3S/c1-16(2,3)19-14-11-7-4-5-8-12(11)17-15(18-14)13-9-6-10-20-13/h4-10H,1-3H3,(H,17,18,19). The first kappa shape index (κ1) is 13.1. The first-order valence-electron chi connectivity index (χ1n) is 6.62. The number of nitrogens with one attached hydrogen (secondary N) is 1. The van der Waals surface area contributed by atoms with Crippen LogP contribution in [0, 0.1) is 0 Å². The third-order valence-corrected chi connectivity index (χ3v) is 3.70. The number of hydrogen-bond donors (Lipinski definition) is 1. The van der Waals surface area contributed by atoms with Gasteiger partial charge in [0.2, 0.25) is 0 Å². The monoisotopic (exact) mass is 283 g/mol. The fourth-order valence-corrected chi connectivity index (χ4v) is 2.70. The van der Waals surface area contributed by atoms with Crippen molar-refractivity contribution in [2.24, 2.45) is 0 Å². The zero-order valence-corrected chi connectivity index (χ0v) is 12.7. The molecule has 0 atom stereocenters. The molecule has 0 bridgehead atoms. The van der Waals surface area contributed by atoms with Crippen LogP contribution >= 0.6 is 11.3 Å². The maximum absolute atomic E-state index is 4.72. The van der Waals surface area contributed by atoms with Gasteiger partial charge in [-0.2, -0.15) is 0 Å². The number of aromatic nitrogens is 2. The molecule has 0 aliphatic heterocycles. The molecule has 2 aromatic heterocycles. The third kappa shape index (κ3) is 2.65. The van der Waals surface area contributed by atoms with Gasteiger partial charge >= 0.3 is 0 Å². The van der Waals surface area contributed by atoms with Gasteiger partial charge < -0.3 is 5.32 Å². The second-order valence-corrected chi connectivity index (χ2v) is 6.71. The molecule has 0 unspecified atom stereocenters. The number of nitrogens with zero attached hydrogens (tertiary/aromatic N) is 2. The first-order chi connectivity index (χ1) is 9.53. The molecule has 0 saturated carbocycles. The quantitative estimate of drug-likeness (QED) is 0.748. The minimum Gasteiger partial charge on any atom is -0.365 e. The van der Waals surface area contributed by atoms with Crippen molar-refractivity contribution in [3.63, 3.8) is 0 Å². The highest BCUT2D eigenvalue weighted by Gasteiger charge is 2.15. The molecule has 2 heterocycles. The van der Waals surface area contributed by atoms with Crippen LogP contribution in [0.3, 0.4) is 0 Å². The van der Waals surface area contributed by atoms with E-state index in [1.807, 2.05) is 29.6 Å². The van der Waals surface area contributed by atoms with Crippen LogP contribution in [0.25, 0.3) is 21.6 Å². The SMILES string of the molecule is CC(C)(C)Nc1nc(-c2cccs2)nc2ccccc12. The number of fused-ring (bicyclic) bond motifs is 1. The molecule has 0 saturated heterocycles. The molecule has 1 aromatic carbocycles. The van der Waals surface area contributed by atoms with Gasteiger partial charge in [0.15, 0.2) is 5.82 Å². The number of benzene rings is 1. The Balaban J connectivity index is 2.20. The zero-order chi connectivity index (χ0) is 14.2. The molecule has 0 aliphatic rings. The van der Waals surface area contributed by atoms with E-state index in [9.17, 15) is 0 Å². The highest BCUT2D eigenvalue weighted by molar-refractivity contribution is 7.13. The predicted octanol–water partition coefficient (Wildman–Crippen LogP) is 4.57. The second-order valence-electron chi connectivity index (χ2n) is 5.77. The van der Waals surface area contributed by atoms with Crippen molar-refractivity contribution in [3.05, 3.63) is 41.8 Å². The number of anilines is 1. The van der Waals surface area contributed by atoms with Gasteiger partial charge in [-0.25, -0.2) is 9.97 Å². The molecule has 3 rings (SSSR count). The van der Waals surface area contributed by atoms with E-state index in [0.29, 0.717) is 0 Å². The van der Waals surface area contributed by atoms with Crippen LogP contribution in [0.1, 0.15) is 20.8 Å². The van der Waals surface area contributed by atoms with Crippen LogP contribution in [0.4, 0.5) is 5.82 Å². The number of thiophene rings is 1. The Morgan fingerprint density at radius 1 is 1.00 bits per heavy atom. The molecule has 1 N–H and O–H groups in total. The van der Waals surface area contributed by atoms with Gasteiger partial charge in [0.25, 0.3) is 0 Å². The van der Waals surface area contributed by atoms with Crippen molar-refractivity contribution in [2.45, 2.75) is 26.3 Å². The fourth-order valence-electron chi connectivity index (χ4n) is 2.04. The summed E-state index contributed by atoms with van der Waals surface area (Å²) < 4.78 is 0. The smallest absolute Gasteiger partial charge is 0.172 e. The molecule has 4 heteroatoms. The first-order valence-corrected chi connectivity index (χ1v) is 7.50. The Bertz CT molecular complexity index is 727. The highest BCUT2D eigenvalue weighted by Crippen LogP contribution is 2.28. The van der Waals surface area contributed by atoms with E-state index in [2.05, 4.69) is 43.2 Å². The minimum absolute atomic E-state index is 0.0379. The van der Waals surface area contributed by atoms with E-state index < -0.39 is 0 Å². The molecule has 0 aliphatic carbocycles. The Kier molecular flexibility index (Phi) is 3.18. The summed E-state index contributed by atoms with van der Waals surface area (Å²) in [6.45, 7) is 6.40. The average Bonchev–Trinajstić information content (AvgIpc) is 2.90. The molecule has 20 heavy (non-hydrogen) atoms. The molecular weight excluding hydrogens is 266 g/mol. The molecule has 0 amide bonds. The number of hydrogen-bond acceptors (Lipinski definition) is 4. The lowest BCUT2D eigenvalue weighted by molar-refractivity contribution is 0.631. The summed E-state index contributed by atoms with van der Waals surface area (Å²) in [6, 6.07) is 12.2. The summed E-state index contributed by atoms with van der Waals surface area (Å²) in [5.74, 6) is 1.68. The van der Waals surface area contributed by atoms with Gasteiger partial charge in [-0.1, -0.05) is 18.2 Å². The summed E-state index contributed by atoms with van der Waals surface area (Å²) in [5.41, 5.74) is 0.932. The largest absolute Gasteiger partial charge is 0.365 e. The van der Waals surface area contributed by atoms with Crippen molar-refractivity contribution in [3.8, 4) is 10.7 Å². The lowest BCUT2D eigenvalue weighted by Gasteiger charge is -2.22. The van der Waals surface area contributed by atoms with E-state index in [-0.39, 0.29) is 5.54 Å². The Labute approximate surface area is 122 Å². The number of rotatable bonds is 2. The average molecular weight is 283 g/mol. The topological polar surface area (TPSA) is 37.8 Å². The summed E-state index contributed by atoms with van der Waals surface area (Å²) in [5, 5.41) is 6.58. The van der Waals surface area contributed by atoms with E-state index in [4.69, 9.17) is 4.98 Å². The van der Waals surface area contributed by atoms with Gasteiger partial charge in [0.1, 0.15) is 5.82 Å². The van der Waals surface area contributed by atoms with Gasteiger partial charge in [-0.05, 0) is 44.4 Å². The minimum atomic E-state index is -0.0379. The molecule has 3 nitrogen and oxygen atoms in total. The van der Waals surface area contributed by atoms with E-state index in [0.717, 1.165) is 27.4 Å². The zero-order valence-electron chi connectivity index (χ0n) is 11.8. The van der Waals surface area contributed by atoms with Crippen LogP contribution < -0.4 is 5.32 Å². The van der Waals surface area contributed by atoms with Crippen LogP contribution in [-0.2, 0) is 0 Å². The van der Waals surface area contributed by atoms with Crippen LogP contribution in [0.15, 0.2) is 41.8 Å². The number of para-hydroxylation sites is 1. The lowest BCUT2D eigenvalue weighted by atomic mass is 10.1. The fraction of sp³-hybridized carbons (Fsp3) is 0.250. The van der Waals surface area contributed by atoms with Crippen molar-refractivity contribution in [1.82, 2.24) is 9.97 Å². The van der Waals surface area contributed by atoms with Gasteiger partial charge in [0.05, 0.1) is 10.4 Å². The molecule has 102 valence electrons. The van der Waals surface area contributed by atoms with Crippen LogP contribution in [0.5, 0.6) is 0 Å². The molecular formula is C16H17N3S. The highest BCUT2D eigenvalue weighted by atomic mass is 32.1. The maximum atomic E-state index is 4.72. The summed E-state index contributed by atoms with van der Waals surface area (Å²) in [7, 11) is 0. The van der Waals surface area contributed by atoms with E-state index in [1.54, 1.807) is 11.3 Å². The Morgan fingerprint density at radius 2 is 1.80 bits per heavy atom. The molecule has 3 aromatic rings. The van der Waals surface area contributed by atoms with Crippen molar-refractivity contribution in [2.75, 3.05) is 5.32 Å². The third-order valence-electron chi connectivity index (χ3n) is 2.84. The molecule has 0 fully saturated rings. The van der Waals surface area contributed by atoms with Gasteiger partial charge in [-0.3, -0.25) is 0 Å². The van der Waals surface area contributed by atoms with Crippen molar-refractivity contribution >= 4 is 28.1 Å². The maximum Gasteiger partial charge on any atom is 0.172 e. The second kappa shape index (κ2) is 4.87. The molecule has 0 spiro atoms. The van der Waals surface area contributed by atoms with E-state index >= 15 is 0 Å². The van der Waals surface area contributed by atoms with Gasteiger partial charge in [-0.15, -0.1) is 11.3 Å². The normalized spacial score (nSPS) is 11.8. The summed E-state index contributed by atoms with van der Waals surface area (Å²) in [4.78, 5) is 10.5. The predicted molar refractivity (Wildman–Crippen MR) is 86.2 cm³/mol. The van der Waals surface area contributed by atoms with Crippen molar-refractivity contribution < 1.29 is 0 Å².